The van der Waals surface area contributed by atoms with Gasteiger partial charge in [-0.25, -0.2) is 8.32 Å². The molecule has 4 nitrogen and oxygen atoms in total. The van der Waals surface area contributed by atoms with E-state index in [4.69, 9.17) is 0 Å². The number of hydrogen-bond acceptors (Lipinski definition) is 2. The van der Waals surface area contributed by atoms with Crippen molar-refractivity contribution in [2.75, 3.05) is 15.9 Å². The number of hydrogen-bond donors (Lipinski definition) is 0. The summed E-state index contributed by atoms with van der Waals surface area (Å²) in [6.45, 7) is 0. The molecule has 0 fully saturated rings. The summed E-state index contributed by atoms with van der Waals surface area (Å²) in [7, 11) is 1.36. The minimum absolute atomic E-state index is 0.103. The van der Waals surface area contributed by atoms with Crippen LogP contribution in [0.15, 0.2) is 72.8 Å². The van der Waals surface area contributed by atoms with E-state index in [1.807, 2.05) is 0 Å². The standard InChI is InChI=1S/C25H15BrF10N2O2/c1-37(20(39)14-6-3-2-4-7-14)17-9-5-8-15(12-17)21(40)38(26)19-11-10-16(13-18(19)23(28,29)30)22(27,24(31,32)33)25(34,35)36/h2-13H,1H3. The van der Waals surface area contributed by atoms with Crippen LogP contribution < -0.4 is 8.83 Å². The fraction of sp³-hybridized carbons (Fsp3) is 0.200. The van der Waals surface area contributed by atoms with Crippen molar-refractivity contribution >= 4 is 39.3 Å². The SMILES string of the molecule is CN(C(=O)c1ccccc1)c1cccc(C(=O)N(Br)c2ccc(C(F)(C(F)(F)F)C(F)(F)F)cc2C(F)(F)F)c1. The molecule has 0 heterocycles. The molecule has 0 unspecified atom stereocenters. The number of benzene rings is 3. The van der Waals surface area contributed by atoms with Crippen molar-refractivity contribution in [1.82, 2.24) is 0 Å². The van der Waals surface area contributed by atoms with Gasteiger partial charge in [0.15, 0.2) is 0 Å². The van der Waals surface area contributed by atoms with Crippen LogP contribution in [-0.2, 0) is 11.8 Å². The third-order valence-electron chi connectivity index (χ3n) is 5.68. The Bertz CT molecular complexity index is 1390. The van der Waals surface area contributed by atoms with Crippen molar-refractivity contribution < 1.29 is 53.5 Å². The Morgan fingerprint density at radius 2 is 1.23 bits per heavy atom. The van der Waals surface area contributed by atoms with Crippen molar-refractivity contribution in [3.05, 3.63) is 95.1 Å². The summed E-state index contributed by atoms with van der Waals surface area (Å²) in [6, 6.07) is 12.2. The van der Waals surface area contributed by atoms with Gasteiger partial charge < -0.3 is 4.90 Å². The van der Waals surface area contributed by atoms with Gasteiger partial charge in [0.05, 0.1) is 27.4 Å². The third-order valence-corrected chi connectivity index (χ3v) is 6.38. The highest BCUT2D eigenvalue weighted by atomic mass is 79.9. The quantitative estimate of drug-likeness (QED) is 0.207. The molecule has 0 aliphatic rings. The molecule has 0 saturated heterocycles. The fourth-order valence-corrected chi connectivity index (χ4v) is 4.11. The lowest BCUT2D eigenvalue weighted by Crippen LogP contribution is -2.50. The second-order valence-electron chi connectivity index (χ2n) is 8.25. The van der Waals surface area contributed by atoms with Crippen LogP contribution in [-0.4, -0.2) is 31.2 Å². The van der Waals surface area contributed by atoms with E-state index in [9.17, 15) is 53.5 Å². The van der Waals surface area contributed by atoms with Gasteiger partial charge in [0.25, 0.3) is 11.8 Å². The van der Waals surface area contributed by atoms with Gasteiger partial charge in [-0.15, -0.1) is 0 Å². The zero-order valence-electron chi connectivity index (χ0n) is 19.8. The van der Waals surface area contributed by atoms with Gasteiger partial charge in [-0.1, -0.05) is 30.3 Å². The predicted molar refractivity (Wildman–Crippen MR) is 128 cm³/mol. The smallest absolute Gasteiger partial charge is 0.311 e. The molecule has 40 heavy (non-hydrogen) atoms. The Hall–Kier alpha value is -3.62. The van der Waals surface area contributed by atoms with Crippen LogP contribution in [0.3, 0.4) is 0 Å². The molecular formula is C25H15BrF10N2O2. The molecule has 2 amide bonds. The van der Waals surface area contributed by atoms with Crippen LogP contribution in [0.5, 0.6) is 0 Å². The first kappa shape index (κ1) is 30.9. The zero-order chi connectivity index (χ0) is 30.3. The summed E-state index contributed by atoms with van der Waals surface area (Å²) in [5, 5.41) is 0. The zero-order valence-corrected chi connectivity index (χ0v) is 21.4. The van der Waals surface area contributed by atoms with Gasteiger partial charge in [-0.3, -0.25) is 9.59 Å². The first-order valence-corrected chi connectivity index (χ1v) is 11.5. The first-order chi connectivity index (χ1) is 18.3. The molecule has 0 bridgehead atoms. The topological polar surface area (TPSA) is 40.6 Å². The van der Waals surface area contributed by atoms with Crippen molar-refractivity contribution in [1.29, 1.82) is 0 Å². The van der Waals surface area contributed by atoms with E-state index in [0.717, 1.165) is 17.0 Å². The highest BCUT2D eigenvalue weighted by Crippen LogP contribution is 2.54. The Labute approximate surface area is 228 Å². The van der Waals surface area contributed by atoms with Gasteiger partial charge in [-0.05, 0) is 42.5 Å². The largest absolute Gasteiger partial charge is 0.435 e. The van der Waals surface area contributed by atoms with E-state index >= 15 is 0 Å². The normalized spacial score (nSPS) is 12.7. The molecule has 0 atom stereocenters. The molecule has 0 aliphatic carbocycles. The molecule has 0 N–H and O–H groups in total. The van der Waals surface area contributed by atoms with Crippen molar-refractivity contribution in [2.24, 2.45) is 0 Å². The molecule has 0 radical (unpaired) electrons. The van der Waals surface area contributed by atoms with E-state index in [1.165, 1.54) is 31.3 Å². The van der Waals surface area contributed by atoms with Gasteiger partial charge in [0.2, 0.25) is 0 Å². The molecule has 0 spiro atoms. The highest BCUT2D eigenvalue weighted by molar-refractivity contribution is 9.10. The summed E-state index contributed by atoms with van der Waals surface area (Å²) in [6.07, 6.45) is -18.9. The Kier molecular flexibility index (Phi) is 8.31. The monoisotopic (exact) mass is 644 g/mol. The van der Waals surface area contributed by atoms with E-state index in [2.05, 4.69) is 16.1 Å². The van der Waals surface area contributed by atoms with Crippen LogP contribution >= 0.6 is 16.1 Å². The molecule has 0 aliphatic heterocycles. The summed E-state index contributed by atoms with van der Waals surface area (Å²) in [5.74, 6) is -1.74. The second-order valence-corrected chi connectivity index (χ2v) is 8.96. The number of rotatable bonds is 5. The molecule has 3 aromatic carbocycles. The van der Waals surface area contributed by atoms with Gasteiger partial charge >= 0.3 is 24.2 Å². The minimum atomic E-state index is -6.65. The van der Waals surface area contributed by atoms with Crippen LogP contribution in [0.4, 0.5) is 55.3 Å². The summed E-state index contributed by atoms with van der Waals surface area (Å²) in [5.41, 5.74) is -11.8. The predicted octanol–water partition coefficient (Wildman–Crippen LogP) is 8.23. The number of alkyl halides is 10. The van der Waals surface area contributed by atoms with Crippen molar-refractivity contribution in [2.45, 2.75) is 24.2 Å². The highest BCUT2D eigenvalue weighted by Gasteiger charge is 2.73. The van der Waals surface area contributed by atoms with Crippen molar-refractivity contribution in [3.8, 4) is 0 Å². The lowest BCUT2D eigenvalue weighted by atomic mass is 9.92. The maximum Gasteiger partial charge on any atom is 0.435 e. The number of halogens is 11. The van der Waals surface area contributed by atoms with E-state index in [0.29, 0.717) is 0 Å². The minimum Gasteiger partial charge on any atom is -0.311 e. The Morgan fingerprint density at radius 1 is 0.675 bits per heavy atom. The summed E-state index contributed by atoms with van der Waals surface area (Å²) in [4.78, 5) is 26.8. The fourth-order valence-electron chi connectivity index (χ4n) is 3.60. The van der Waals surface area contributed by atoms with Crippen molar-refractivity contribution in [3.63, 3.8) is 0 Å². The molecule has 15 heteroatoms. The maximum absolute atomic E-state index is 14.4. The molecule has 0 saturated carbocycles. The lowest BCUT2D eigenvalue weighted by molar-refractivity contribution is -0.348. The Balaban J connectivity index is 2.04. The second kappa shape index (κ2) is 10.7. The maximum atomic E-state index is 14.4. The van der Waals surface area contributed by atoms with Crippen LogP contribution in [0.1, 0.15) is 31.8 Å². The van der Waals surface area contributed by atoms with E-state index in [-0.39, 0.29) is 32.9 Å². The molecule has 3 rings (SSSR count). The molecule has 0 aromatic heterocycles. The average molecular weight is 645 g/mol. The van der Waals surface area contributed by atoms with Crippen LogP contribution in [0.2, 0.25) is 0 Å². The van der Waals surface area contributed by atoms with E-state index < -0.39 is 58.9 Å². The number of nitrogens with zero attached hydrogens (tertiary/aromatic N) is 2. The number of carbonyl (C=O) groups excluding carboxylic acids is 2. The Morgan fingerprint density at radius 3 is 1.75 bits per heavy atom. The van der Waals surface area contributed by atoms with Gasteiger partial charge in [0, 0.05) is 29.4 Å². The summed E-state index contributed by atoms with van der Waals surface area (Å²) >= 11 is 2.58. The van der Waals surface area contributed by atoms with E-state index in [1.54, 1.807) is 18.2 Å². The average Bonchev–Trinajstić information content (AvgIpc) is 2.89. The number of amides is 2. The third kappa shape index (κ3) is 5.78. The lowest BCUT2D eigenvalue weighted by Gasteiger charge is -2.31. The van der Waals surface area contributed by atoms with Crippen LogP contribution in [0.25, 0.3) is 0 Å². The van der Waals surface area contributed by atoms with Gasteiger partial charge in [-0.2, -0.15) is 39.5 Å². The molecule has 3 aromatic rings. The van der Waals surface area contributed by atoms with Crippen LogP contribution in [0, 0.1) is 0 Å². The molecular weight excluding hydrogens is 630 g/mol. The number of anilines is 2. The van der Waals surface area contributed by atoms with Gasteiger partial charge in [0.1, 0.15) is 0 Å². The first-order valence-electron chi connectivity index (χ1n) is 10.8. The molecule has 214 valence electrons. The number of carbonyl (C=O) groups is 2. The summed E-state index contributed by atoms with van der Waals surface area (Å²) < 4.78 is 135.